The molecule has 2 aliphatic rings. The summed E-state index contributed by atoms with van der Waals surface area (Å²) in [4.78, 5) is 25.2. The summed E-state index contributed by atoms with van der Waals surface area (Å²) >= 11 is 6.16. The van der Waals surface area contributed by atoms with Crippen LogP contribution in [0.25, 0.3) is 0 Å². The number of hydrogen-bond acceptors (Lipinski definition) is 6. The van der Waals surface area contributed by atoms with Crippen LogP contribution in [0.15, 0.2) is 23.1 Å². The molecule has 11 heteroatoms. The molecule has 2 amide bonds. The predicted octanol–water partition coefficient (Wildman–Crippen LogP) is 1.86. The van der Waals surface area contributed by atoms with Crippen molar-refractivity contribution in [3.63, 3.8) is 0 Å². The molecular weight excluding hydrogens is 456 g/mol. The maximum Gasteiger partial charge on any atom is 0.257 e. The van der Waals surface area contributed by atoms with E-state index in [-0.39, 0.29) is 11.4 Å². The number of halogens is 1. The van der Waals surface area contributed by atoms with E-state index in [4.69, 9.17) is 16.3 Å². The van der Waals surface area contributed by atoms with Crippen LogP contribution in [0.5, 0.6) is 0 Å². The summed E-state index contributed by atoms with van der Waals surface area (Å²) in [5, 5.41) is 2.96. The molecule has 2 atom stereocenters. The van der Waals surface area contributed by atoms with Gasteiger partial charge in [0.15, 0.2) is 0 Å². The second kappa shape index (κ2) is 10.9. The number of aryl methyl sites for hydroxylation is 1. The van der Waals surface area contributed by atoms with Crippen molar-refractivity contribution in [2.24, 2.45) is 0 Å². The Labute approximate surface area is 194 Å². The molecule has 9 nitrogen and oxygen atoms in total. The number of alkyl halides is 1. The third-order valence-corrected chi connectivity index (χ3v) is 8.16. The van der Waals surface area contributed by atoms with Crippen LogP contribution in [-0.2, 0) is 24.3 Å². The third kappa shape index (κ3) is 5.79. The fourth-order valence-electron chi connectivity index (χ4n) is 3.90. The highest BCUT2D eigenvalue weighted by Crippen LogP contribution is 2.26. The van der Waals surface area contributed by atoms with Gasteiger partial charge in [0.1, 0.15) is 11.9 Å². The van der Waals surface area contributed by atoms with Gasteiger partial charge >= 0.3 is 0 Å². The molecule has 178 valence electrons. The number of nitrogens with one attached hydrogen (secondary N) is 2. The molecule has 0 bridgehead atoms. The van der Waals surface area contributed by atoms with E-state index in [1.54, 1.807) is 19.1 Å². The molecule has 0 aliphatic carbocycles. The number of hydrazine groups is 1. The number of carbonyl (C=O) groups excluding carboxylic acids is 2. The van der Waals surface area contributed by atoms with Crippen LogP contribution < -0.4 is 10.7 Å². The lowest BCUT2D eigenvalue weighted by Crippen LogP contribution is -2.60. The van der Waals surface area contributed by atoms with E-state index in [0.29, 0.717) is 37.5 Å². The zero-order valence-corrected chi connectivity index (χ0v) is 20.0. The summed E-state index contributed by atoms with van der Waals surface area (Å²) in [5.74, 6) is -0.911. The summed E-state index contributed by atoms with van der Waals surface area (Å²) in [6.07, 6.45) is 3.28. The third-order valence-electron chi connectivity index (χ3n) is 5.65. The lowest BCUT2D eigenvalue weighted by atomic mass is 10.2. The first-order valence-electron chi connectivity index (χ1n) is 10.9. The maximum atomic E-state index is 13.2. The number of benzene rings is 1. The van der Waals surface area contributed by atoms with Crippen molar-refractivity contribution in [2.45, 2.75) is 55.9 Å². The fourth-order valence-corrected chi connectivity index (χ4v) is 5.95. The minimum absolute atomic E-state index is 0.185. The topological polar surface area (TPSA) is 108 Å². The normalized spacial score (nSPS) is 23.1. The van der Waals surface area contributed by atoms with Crippen molar-refractivity contribution >= 4 is 39.1 Å². The number of rotatable bonds is 7. The quantitative estimate of drug-likeness (QED) is 0.569. The molecule has 2 fully saturated rings. The van der Waals surface area contributed by atoms with Crippen LogP contribution in [0.2, 0.25) is 0 Å². The molecule has 3 rings (SSSR count). The zero-order chi connectivity index (χ0) is 23.3. The minimum Gasteiger partial charge on any atom is -0.375 e. The van der Waals surface area contributed by atoms with Gasteiger partial charge in [-0.05, 0) is 44.4 Å². The highest BCUT2D eigenvalue weighted by atomic mass is 35.5. The Kier molecular flexibility index (Phi) is 8.51. The zero-order valence-electron chi connectivity index (χ0n) is 18.5. The van der Waals surface area contributed by atoms with Gasteiger partial charge in [0, 0.05) is 31.9 Å². The second-order valence-corrected chi connectivity index (χ2v) is 10.4. The molecule has 2 heterocycles. The van der Waals surface area contributed by atoms with Crippen LogP contribution >= 0.6 is 11.6 Å². The molecule has 0 aromatic heterocycles. The van der Waals surface area contributed by atoms with Gasteiger partial charge in [0.25, 0.3) is 5.91 Å². The van der Waals surface area contributed by atoms with Gasteiger partial charge in [-0.3, -0.25) is 14.6 Å². The molecule has 0 saturated carbocycles. The van der Waals surface area contributed by atoms with Gasteiger partial charge in [-0.2, -0.15) is 4.31 Å². The monoisotopic (exact) mass is 486 g/mol. The maximum absolute atomic E-state index is 13.2. The molecule has 1 aromatic carbocycles. The molecule has 2 aliphatic heterocycles. The van der Waals surface area contributed by atoms with Crippen LogP contribution in [0, 0.1) is 6.92 Å². The van der Waals surface area contributed by atoms with Gasteiger partial charge in [-0.15, -0.1) is 11.6 Å². The van der Waals surface area contributed by atoms with E-state index in [1.807, 2.05) is 6.92 Å². The van der Waals surface area contributed by atoms with Crippen LogP contribution in [-0.4, -0.2) is 73.8 Å². The van der Waals surface area contributed by atoms with Crippen LogP contribution in [0.3, 0.4) is 0 Å². The van der Waals surface area contributed by atoms with Gasteiger partial charge in [-0.25, -0.2) is 13.8 Å². The van der Waals surface area contributed by atoms with Crippen LogP contribution in [0.1, 0.15) is 38.2 Å². The van der Waals surface area contributed by atoms with Gasteiger partial charge in [0.05, 0.1) is 11.0 Å². The average molecular weight is 487 g/mol. The summed E-state index contributed by atoms with van der Waals surface area (Å²) in [6, 6.07) is 4.80. The Hall–Kier alpha value is -1.72. The van der Waals surface area contributed by atoms with Gasteiger partial charge in [-0.1, -0.05) is 18.9 Å². The number of nitrogens with zero attached hydrogens (tertiary/aromatic N) is 2. The first kappa shape index (κ1) is 24.9. The van der Waals surface area contributed by atoms with Crippen LogP contribution in [0.4, 0.5) is 5.69 Å². The molecular formula is C21H31ClN4O5S. The molecule has 0 radical (unpaired) electrons. The summed E-state index contributed by atoms with van der Waals surface area (Å²) in [5.41, 5.74) is 3.83. The standard InChI is InChI=1S/C21H31ClN4O5S/c1-3-31-17-13-23-26(21(28)20(17)22)14-19(27)24-16-9-8-15(2)18(12-16)32(29,30)25-10-6-4-5-7-11-25/h8-9,12,17,20,23H,3-7,10-11,13-14H2,1-2H3,(H,24,27). The summed E-state index contributed by atoms with van der Waals surface area (Å²) in [6.45, 7) is 5.04. The predicted molar refractivity (Wildman–Crippen MR) is 122 cm³/mol. The van der Waals surface area contributed by atoms with E-state index in [9.17, 15) is 18.0 Å². The molecule has 32 heavy (non-hydrogen) atoms. The van der Waals surface area contributed by atoms with Crippen molar-refractivity contribution in [2.75, 3.05) is 38.1 Å². The van der Waals surface area contributed by atoms with Crippen molar-refractivity contribution in [1.82, 2.24) is 14.7 Å². The largest absolute Gasteiger partial charge is 0.375 e. The molecule has 2 saturated heterocycles. The second-order valence-electron chi connectivity index (χ2n) is 8.03. The van der Waals surface area contributed by atoms with Crippen molar-refractivity contribution < 1.29 is 22.7 Å². The van der Waals surface area contributed by atoms with E-state index >= 15 is 0 Å². The van der Waals surface area contributed by atoms with Gasteiger partial charge < -0.3 is 10.1 Å². The number of hydrogen-bond donors (Lipinski definition) is 2. The van der Waals surface area contributed by atoms with Gasteiger partial charge in [0.2, 0.25) is 15.9 Å². The fraction of sp³-hybridized carbons (Fsp3) is 0.619. The minimum atomic E-state index is -3.66. The lowest BCUT2D eigenvalue weighted by molar-refractivity contribution is -0.145. The van der Waals surface area contributed by atoms with Crippen molar-refractivity contribution in [3.8, 4) is 0 Å². The number of anilines is 1. The Morgan fingerprint density at radius 1 is 1.25 bits per heavy atom. The van der Waals surface area contributed by atoms with Crippen molar-refractivity contribution in [3.05, 3.63) is 23.8 Å². The number of carbonyl (C=O) groups is 2. The van der Waals surface area contributed by atoms with E-state index in [0.717, 1.165) is 30.7 Å². The molecule has 2 unspecified atom stereocenters. The van der Waals surface area contributed by atoms with E-state index in [1.165, 1.54) is 10.4 Å². The Bertz CT molecular complexity index is 934. The number of sulfonamides is 1. The Balaban J connectivity index is 1.68. The summed E-state index contributed by atoms with van der Waals surface area (Å²) < 4.78 is 33.4. The highest BCUT2D eigenvalue weighted by molar-refractivity contribution is 7.89. The Morgan fingerprint density at radius 2 is 1.94 bits per heavy atom. The molecule has 0 spiro atoms. The number of amides is 2. The first-order valence-corrected chi connectivity index (χ1v) is 12.8. The first-order chi connectivity index (χ1) is 15.2. The molecule has 2 N–H and O–H groups in total. The highest BCUT2D eigenvalue weighted by Gasteiger charge is 2.36. The lowest BCUT2D eigenvalue weighted by Gasteiger charge is -2.35. The Morgan fingerprint density at radius 3 is 2.59 bits per heavy atom. The smallest absolute Gasteiger partial charge is 0.257 e. The van der Waals surface area contributed by atoms with E-state index in [2.05, 4.69) is 10.7 Å². The SMILES string of the molecule is CCOC1CNN(CC(=O)Nc2ccc(C)c(S(=O)(=O)N3CCCCCC3)c2)C(=O)C1Cl. The summed E-state index contributed by atoms with van der Waals surface area (Å²) in [7, 11) is -3.66. The molecule has 1 aromatic rings. The average Bonchev–Trinajstić information content (AvgIpc) is 3.05. The number of ether oxygens (including phenoxy) is 1. The van der Waals surface area contributed by atoms with E-state index < -0.39 is 33.3 Å². The van der Waals surface area contributed by atoms with Crippen molar-refractivity contribution in [1.29, 1.82) is 0 Å².